The summed E-state index contributed by atoms with van der Waals surface area (Å²) >= 11 is 0. The zero-order valence-electron chi connectivity index (χ0n) is 16.1. The van der Waals surface area contributed by atoms with Crippen molar-refractivity contribution in [1.29, 1.82) is 0 Å². The van der Waals surface area contributed by atoms with Gasteiger partial charge in [-0.2, -0.15) is 4.31 Å². The van der Waals surface area contributed by atoms with Gasteiger partial charge in [-0.15, -0.1) is 0 Å². The van der Waals surface area contributed by atoms with Gasteiger partial charge in [-0.25, -0.2) is 13.2 Å². The van der Waals surface area contributed by atoms with E-state index in [4.69, 9.17) is 0 Å². The molecule has 1 saturated heterocycles. The Labute approximate surface area is 159 Å². The van der Waals surface area contributed by atoms with Gasteiger partial charge in [0.25, 0.3) is 5.69 Å². The van der Waals surface area contributed by atoms with E-state index in [0.717, 1.165) is 6.07 Å². The van der Waals surface area contributed by atoms with E-state index in [1.165, 1.54) is 10.4 Å². The molecule has 1 fully saturated rings. The van der Waals surface area contributed by atoms with Crippen LogP contribution in [0.1, 0.15) is 25.0 Å². The molecule has 0 aliphatic carbocycles. The molecule has 27 heavy (non-hydrogen) atoms. The number of amides is 2. The predicted octanol–water partition coefficient (Wildman–Crippen LogP) is 1.98. The Hall–Kier alpha value is -2.20. The van der Waals surface area contributed by atoms with Gasteiger partial charge >= 0.3 is 6.03 Å². The number of benzene rings is 1. The van der Waals surface area contributed by atoms with Crippen LogP contribution in [0.25, 0.3) is 0 Å². The molecule has 10 heteroatoms. The average molecular weight is 398 g/mol. The minimum absolute atomic E-state index is 0.0438. The number of carbonyl (C=O) groups excluding carboxylic acids is 1. The fourth-order valence-electron chi connectivity index (χ4n) is 3.13. The van der Waals surface area contributed by atoms with Crippen LogP contribution in [0, 0.1) is 24.0 Å². The lowest BCUT2D eigenvalue weighted by atomic mass is 10.1. The van der Waals surface area contributed by atoms with Crippen molar-refractivity contribution in [3.05, 3.63) is 33.4 Å². The van der Waals surface area contributed by atoms with Crippen molar-refractivity contribution >= 4 is 21.7 Å². The van der Waals surface area contributed by atoms with Crippen molar-refractivity contribution < 1.29 is 18.1 Å². The van der Waals surface area contributed by atoms with Crippen LogP contribution in [0.2, 0.25) is 0 Å². The number of carbonyl (C=O) groups is 1. The summed E-state index contributed by atoms with van der Waals surface area (Å²) in [6.45, 7) is 9.20. The molecule has 150 valence electrons. The fourth-order valence-corrected chi connectivity index (χ4v) is 4.87. The molecule has 0 atom stereocenters. The monoisotopic (exact) mass is 398 g/mol. The maximum atomic E-state index is 13.0. The van der Waals surface area contributed by atoms with Crippen molar-refractivity contribution in [2.75, 3.05) is 39.3 Å². The number of nitro groups is 1. The molecule has 0 N–H and O–H groups in total. The van der Waals surface area contributed by atoms with E-state index in [9.17, 15) is 23.3 Å². The highest BCUT2D eigenvalue weighted by molar-refractivity contribution is 7.89. The number of non-ortho nitro benzene ring substituents is 1. The largest absolute Gasteiger partial charge is 0.325 e. The first-order chi connectivity index (χ1) is 12.6. The number of urea groups is 1. The lowest BCUT2D eigenvalue weighted by Gasteiger charge is -2.36. The highest BCUT2D eigenvalue weighted by atomic mass is 32.2. The quantitative estimate of drug-likeness (QED) is 0.557. The third kappa shape index (κ3) is 4.22. The Kier molecular flexibility index (Phi) is 6.42. The maximum absolute atomic E-state index is 13.0. The van der Waals surface area contributed by atoms with Crippen molar-refractivity contribution in [3.63, 3.8) is 0 Å². The Morgan fingerprint density at radius 3 is 2.19 bits per heavy atom. The highest BCUT2D eigenvalue weighted by Crippen LogP contribution is 2.28. The topological polar surface area (TPSA) is 104 Å². The predicted molar refractivity (Wildman–Crippen MR) is 101 cm³/mol. The normalized spacial score (nSPS) is 15.6. The number of nitro benzene ring substituents is 1. The average Bonchev–Trinajstić information content (AvgIpc) is 2.64. The van der Waals surface area contributed by atoms with Gasteiger partial charge in [-0.1, -0.05) is 0 Å². The number of hydrogen-bond donors (Lipinski definition) is 0. The minimum atomic E-state index is -3.87. The maximum Gasteiger partial charge on any atom is 0.320 e. The minimum Gasteiger partial charge on any atom is -0.325 e. The van der Waals surface area contributed by atoms with Crippen LogP contribution in [0.4, 0.5) is 10.5 Å². The van der Waals surface area contributed by atoms with E-state index in [-0.39, 0.29) is 29.7 Å². The van der Waals surface area contributed by atoms with Crippen LogP contribution in [-0.2, 0) is 10.0 Å². The number of piperazine rings is 1. The third-order valence-corrected chi connectivity index (χ3v) is 7.00. The molecule has 1 aliphatic rings. The van der Waals surface area contributed by atoms with Crippen LogP contribution in [0.15, 0.2) is 17.0 Å². The van der Waals surface area contributed by atoms with Gasteiger partial charge in [0, 0.05) is 51.4 Å². The van der Waals surface area contributed by atoms with Gasteiger partial charge in [-0.3, -0.25) is 10.1 Å². The molecule has 2 amide bonds. The molecule has 0 bridgehead atoms. The second kappa shape index (κ2) is 8.22. The smallest absolute Gasteiger partial charge is 0.320 e. The summed E-state index contributed by atoms with van der Waals surface area (Å²) in [5.74, 6) is 0. The van der Waals surface area contributed by atoms with Crippen molar-refractivity contribution in [2.45, 2.75) is 32.6 Å². The Bertz CT molecular complexity index is 828. The third-order valence-electron chi connectivity index (χ3n) is 4.98. The molecule has 1 heterocycles. The van der Waals surface area contributed by atoms with E-state index in [2.05, 4.69) is 0 Å². The lowest BCUT2D eigenvalue weighted by molar-refractivity contribution is -0.385. The van der Waals surface area contributed by atoms with E-state index in [1.54, 1.807) is 23.6 Å². The first-order valence-corrected chi connectivity index (χ1v) is 10.4. The first-order valence-electron chi connectivity index (χ1n) is 8.93. The molecule has 9 nitrogen and oxygen atoms in total. The van der Waals surface area contributed by atoms with Gasteiger partial charge in [-0.05, 0) is 38.8 Å². The number of rotatable bonds is 5. The van der Waals surface area contributed by atoms with E-state index < -0.39 is 14.9 Å². The summed E-state index contributed by atoms with van der Waals surface area (Å²) in [4.78, 5) is 26.2. The second-order valence-electron chi connectivity index (χ2n) is 6.49. The first kappa shape index (κ1) is 21.1. The highest BCUT2D eigenvalue weighted by Gasteiger charge is 2.33. The standard InChI is InChI=1S/C17H26N4O5S/c1-5-18(6-2)17(22)19-7-9-20(10-8-19)27(25,26)16-12-15(21(23)24)11-13(3)14(16)4/h11-12H,5-10H2,1-4H3. The molecule has 0 spiro atoms. The van der Waals surface area contributed by atoms with Crippen LogP contribution in [0.3, 0.4) is 0 Å². The molecule has 0 aromatic heterocycles. The lowest BCUT2D eigenvalue weighted by Crippen LogP contribution is -2.54. The molecule has 2 rings (SSSR count). The molecular weight excluding hydrogens is 372 g/mol. The summed E-state index contributed by atoms with van der Waals surface area (Å²) in [7, 11) is -3.87. The number of hydrogen-bond acceptors (Lipinski definition) is 5. The second-order valence-corrected chi connectivity index (χ2v) is 8.40. The summed E-state index contributed by atoms with van der Waals surface area (Å²) in [5.41, 5.74) is 0.812. The van der Waals surface area contributed by atoms with Crippen LogP contribution < -0.4 is 0 Å². The summed E-state index contributed by atoms with van der Waals surface area (Å²) in [5, 5.41) is 11.1. The molecule has 1 aromatic rings. The van der Waals surface area contributed by atoms with Gasteiger partial charge in [0.2, 0.25) is 10.0 Å². The number of aryl methyl sites for hydroxylation is 1. The van der Waals surface area contributed by atoms with Crippen LogP contribution in [-0.4, -0.2) is 72.7 Å². The van der Waals surface area contributed by atoms with Gasteiger partial charge < -0.3 is 9.80 Å². The van der Waals surface area contributed by atoms with E-state index in [1.807, 2.05) is 13.8 Å². The van der Waals surface area contributed by atoms with Crippen molar-refractivity contribution in [2.24, 2.45) is 0 Å². The fraction of sp³-hybridized carbons (Fsp3) is 0.588. The van der Waals surface area contributed by atoms with E-state index in [0.29, 0.717) is 37.3 Å². The van der Waals surface area contributed by atoms with Crippen LogP contribution in [0.5, 0.6) is 0 Å². The van der Waals surface area contributed by atoms with Gasteiger partial charge in [0.15, 0.2) is 0 Å². The van der Waals surface area contributed by atoms with Crippen molar-refractivity contribution in [1.82, 2.24) is 14.1 Å². The molecule has 1 aromatic carbocycles. The van der Waals surface area contributed by atoms with Gasteiger partial charge in [0.05, 0.1) is 9.82 Å². The Morgan fingerprint density at radius 1 is 1.15 bits per heavy atom. The molecule has 0 saturated carbocycles. The SMILES string of the molecule is CCN(CC)C(=O)N1CCN(S(=O)(=O)c2cc([N+](=O)[O-])cc(C)c2C)CC1. The molecule has 0 unspecified atom stereocenters. The van der Waals surface area contributed by atoms with Crippen LogP contribution >= 0.6 is 0 Å². The Balaban J connectivity index is 2.23. The number of nitrogens with zero attached hydrogens (tertiary/aromatic N) is 4. The van der Waals surface area contributed by atoms with Crippen molar-refractivity contribution in [3.8, 4) is 0 Å². The molecule has 0 radical (unpaired) electrons. The zero-order chi connectivity index (χ0) is 20.4. The summed E-state index contributed by atoms with van der Waals surface area (Å²) in [6, 6.07) is 2.39. The molecule has 1 aliphatic heterocycles. The Morgan fingerprint density at radius 2 is 1.70 bits per heavy atom. The summed E-state index contributed by atoms with van der Waals surface area (Å²) < 4.78 is 27.4. The van der Waals surface area contributed by atoms with E-state index >= 15 is 0 Å². The summed E-state index contributed by atoms with van der Waals surface area (Å²) in [6.07, 6.45) is 0. The number of sulfonamides is 1. The molecular formula is C17H26N4O5S. The zero-order valence-corrected chi connectivity index (χ0v) is 17.0. The van der Waals surface area contributed by atoms with Gasteiger partial charge in [0.1, 0.15) is 0 Å².